The van der Waals surface area contributed by atoms with Crippen molar-refractivity contribution in [3.8, 4) is 11.5 Å². The van der Waals surface area contributed by atoms with Gasteiger partial charge in [0.15, 0.2) is 6.10 Å². The van der Waals surface area contributed by atoms with Gasteiger partial charge in [0.1, 0.15) is 11.5 Å². The summed E-state index contributed by atoms with van der Waals surface area (Å²) in [5.41, 5.74) is 1.55. The number of hydrogen-bond acceptors (Lipinski definition) is 6. The molecule has 0 aliphatic heterocycles. The van der Waals surface area contributed by atoms with Crippen LogP contribution in [0.1, 0.15) is 28.5 Å². The van der Waals surface area contributed by atoms with Gasteiger partial charge >= 0.3 is 16.1 Å². The molecule has 1 N–H and O–H groups in total. The summed E-state index contributed by atoms with van der Waals surface area (Å²) in [6.07, 6.45) is 5.45. The summed E-state index contributed by atoms with van der Waals surface area (Å²) in [5.74, 6) is -0.805. The first-order chi connectivity index (χ1) is 15.6. The van der Waals surface area contributed by atoms with Crippen molar-refractivity contribution in [2.75, 3.05) is 6.26 Å². The number of carboxylic acids is 1. The van der Waals surface area contributed by atoms with Crippen LogP contribution in [0.3, 0.4) is 0 Å². The predicted molar refractivity (Wildman–Crippen MR) is 123 cm³/mol. The molecule has 0 amide bonds. The Hall–Kier alpha value is -3.85. The van der Waals surface area contributed by atoms with E-state index in [0.29, 0.717) is 23.6 Å². The molecule has 0 saturated heterocycles. The first kappa shape index (κ1) is 23.8. The number of rotatable bonds is 10. The zero-order valence-electron chi connectivity index (χ0n) is 18.0. The highest BCUT2D eigenvalue weighted by atomic mass is 32.2. The first-order valence-corrected chi connectivity index (χ1v) is 11.8. The number of carbonyl (C=O) groups excluding carboxylic acids is 1. The Bertz CT molecular complexity index is 1290. The highest BCUT2D eigenvalue weighted by Crippen LogP contribution is 2.19. The molecule has 0 aliphatic rings. The summed E-state index contributed by atoms with van der Waals surface area (Å²) in [6.45, 7) is 1.86. The second kappa shape index (κ2) is 10.2. The van der Waals surface area contributed by atoms with Crippen LogP contribution in [-0.2, 0) is 21.5 Å². The molecular weight excluding hydrogens is 446 g/mol. The standard InChI is InChI=1S/C24H23NO7S/c1-17(24(27)28)31-20-10-3-7-18(15-20)8-5-13-25-14-6-12-22(25)23(26)19-9-4-11-21(16-19)32-33(2,29)30/h3-12,14-17H,13H2,1-2H3,(H,27,28)/b8-5+/t17-/m0/s1. The molecule has 3 aromatic rings. The average Bonchev–Trinajstić information content (AvgIpc) is 3.21. The van der Waals surface area contributed by atoms with Crippen molar-refractivity contribution in [1.29, 1.82) is 0 Å². The Morgan fingerprint density at radius 3 is 2.52 bits per heavy atom. The summed E-state index contributed by atoms with van der Waals surface area (Å²) in [5, 5.41) is 8.97. The van der Waals surface area contributed by atoms with E-state index in [2.05, 4.69) is 0 Å². The van der Waals surface area contributed by atoms with Gasteiger partial charge in [0, 0.05) is 18.3 Å². The van der Waals surface area contributed by atoms with Crippen molar-refractivity contribution in [1.82, 2.24) is 4.57 Å². The van der Waals surface area contributed by atoms with E-state index < -0.39 is 22.2 Å². The van der Waals surface area contributed by atoms with E-state index in [1.165, 1.54) is 19.1 Å². The van der Waals surface area contributed by atoms with Gasteiger partial charge in [-0.05, 0) is 48.9 Å². The van der Waals surface area contributed by atoms with Gasteiger partial charge in [-0.2, -0.15) is 8.42 Å². The molecule has 3 rings (SSSR count). The molecule has 0 bridgehead atoms. The topological polar surface area (TPSA) is 112 Å². The Balaban J connectivity index is 1.72. The maximum Gasteiger partial charge on any atom is 0.344 e. The van der Waals surface area contributed by atoms with Crippen LogP contribution in [0.25, 0.3) is 6.08 Å². The Morgan fingerprint density at radius 1 is 1.06 bits per heavy atom. The maximum atomic E-state index is 13.0. The first-order valence-electron chi connectivity index (χ1n) is 9.98. The number of carboxylic acid groups (broad SMARTS) is 1. The number of hydrogen-bond donors (Lipinski definition) is 1. The van der Waals surface area contributed by atoms with E-state index in [0.717, 1.165) is 11.8 Å². The highest BCUT2D eigenvalue weighted by molar-refractivity contribution is 7.86. The number of carbonyl (C=O) groups is 2. The summed E-state index contributed by atoms with van der Waals surface area (Å²) >= 11 is 0. The molecule has 1 atom stereocenters. The Labute approximate surface area is 191 Å². The molecular formula is C24H23NO7S. The van der Waals surface area contributed by atoms with Gasteiger partial charge in [0.25, 0.3) is 0 Å². The number of allylic oxidation sites excluding steroid dienone is 1. The molecule has 1 heterocycles. The zero-order chi connectivity index (χ0) is 24.0. The molecule has 2 aromatic carbocycles. The normalized spacial score (nSPS) is 12.4. The number of benzene rings is 2. The van der Waals surface area contributed by atoms with E-state index in [1.54, 1.807) is 53.2 Å². The Morgan fingerprint density at radius 2 is 1.79 bits per heavy atom. The van der Waals surface area contributed by atoms with E-state index >= 15 is 0 Å². The molecule has 0 spiro atoms. The van der Waals surface area contributed by atoms with Gasteiger partial charge in [-0.25, -0.2) is 4.79 Å². The van der Waals surface area contributed by atoms with Crippen LogP contribution in [-0.4, -0.2) is 42.2 Å². The molecule has 0 unspecified atom stereocenters. The summed E-state index contributed by atoms with van der Waals surface area (Å²) < 4.78 is 34.7. The number of ketones is 1. The minimum Gasteiger partial charge on any atom is -0.479 e. The molecule has 9 heteroatoms. The molecule has 33 heavy (non-hydrogen) atoms. The number of aliphatic carboxylic acids is 1. The third-order valence-corrected chi connectivity index (χ3v) is 5.03. The highest BCUT2D eigenvalue weighted by Gasteiger charge is 2.15. The zero-order valence-corrected chi connectivity index (χ0v) is 18.9. The van der Waals surface area contributed by atoms with Gasteiger partial charge in [0.05, 0.1) is 11.9 Å². The molecule has 0 saturated carbocycles. The lowest BCUT2D eigenvalue weighted by Crippen LogP contribution is -2.22. The molecule has 0 fully saturated rings. The van der Waals surface area contributed by atoms with Crippen LogP contribution in [0.15, 0.2) is 72.9 Å². The molecule has 0 aliphatic carbocycles. The van der Waals surface area contributed by atoms with Crippen molar-refractivity contribution < 1.29 is 32.0 Å². The minimum absolute atomic E-state index is 0.0701. The maximum absolute atomic E-state index is 13.0. The molecule has 172 valence electrons. The summed E-state index contributed by atoms with van der Waals surface area (Å²) in [7, 11) is -3.70. The molecule has 8 nitrogen and oxygen atoms in total. The van der Waals surface area contributed by atoms with E-state index in [9.17, 15) is 18.0 Å². The van der Waals surface area contributed by atoms with E-state index in [4.69, 9.17) is 14.0 Å². The number of nitrogens with zero attached hydrogens (tertiary/aromatic N) is 1. The Kier molecular flexibility index (Phi) is 7.34. The molecule has 1 aromatic heterocycles. The lowest BCUT2D eigenvalue weighted by molar-refractivity contribution is -0.144. The van der Waals surface area contributed by atoms with E-state index in [-0.39, 0.29) is 11.5 Å². The lowest BCUT2D eigenvalue weighted by atomic mass is 10.1. The van der Waals surface area contributed by atoms with Crippen molar-refractivity contribution in [3.05, 3.63) is 89.8 Å². The number of ether oxygens (including phenoxy) is 1. The van der Waals surface area contributed by atoms with Gasteiger partial charge < -0.3 is 18.6 Å². The largest absolute Gasteiger partial charge is 0.479 e. The predicted octanol–water partition coefficient (Wildman–Crippen LogP) is 3.62. The van der Waals surface area contributed by atoms with E-state index in [1.807, 2.05) is 18.2 Å². The van der Waals surface area contributed by atoms with Crippen molar-refractivity contribution in [3.63, 3.8) is 0 Å². The van der Waals surface area contributed by atoms with Crippen molar-refractivity contribution >= 4 is 27.9 Å². The van der Waals surface area contributed by atoms with Crippen LogP contribution in [0.4, 0.5) is 0 Å². The third kappa shape index (κ3) is 6.81. The fourth-order valence-corrected chi connectivity index (χ4v) is 3.49. The van der Waals surface area contributed by atoms with Crippen LogP contribution in [0.5, 0.6) is 11.5 Å². The monoisotopic (exact) mass is 469 g/mol. The van der Waals surface area contributed by atoms with Gasteiger partial charge in [-0.15, -0.1) is 0 Å². The second-order valence-corrected chi connectivity index (χ2v) is 8.84. The fraction of sp³-hybridized carbons (Fsp3) is 0.167. The van der Waals surface area contributed by atoms with Crippen LogP contribution in [0.2, 0.25) is 0 Å². The SMILES string of the molecule is C[C@H](Oc1cccc(/C=C/Cn2cccc2C(=O)c2cccc(OS(C)(=O)=O)c2)c1)C(=O)O. The van der Waals surface area contributed by atoms with Gasteiger partial charge in [0.2, 0.25) is 5.78 Å². The van der Waals surface area contributed by atoms with Crippen molar-refractivity contribution in [2.24, 2.45) is 0 Å². The van der Waals surface area contributed by atoms with Gasteiger partial charge in [-0.3, -0.25) is 4.79 Å². The summed E-state index contributed by atoms with van der Waals surface area (Å²) in [4.78, 5) is 23.9. The van der Waals surface area contributed by atoms with Crippen LogP contribution in [0, 0.1) is 0 Å². The fourth-order valence-electron chi connectivity index (χ4n) is 3.04. The number of aromatic nitrogens is 1. The van der Waals surface area contributed by atoms with Gasteiger partial charge in [-0.1, -0.05) is 36.4 Å². The van der Waals surface area contributed by atoms with Crippen molar-refractivity contribution in [2.45, 2.75) is 19.6 Å². The quantitative estimate of drug-likeness (QED) is 0.356. The third-order valence-electron chi connectivity index (χ3n) is 4.54. The second-order valence-electron chi connectivity index (χ2n) is 7.26. The van der Waals surface area contributed by atoms with Crippen LogP contribution >= 0.6 is 0 Å². The minimum atomic E-state index is -3.70. The summed E-state index contributed by atoms with van der Waals surface area (Å²) in [6, 6.07) is 16.5. The lowest BCUT2D eigenvalue weighted by Gasteiger charge is -2.10. The molecule has 0 radical (unpaired) electrons. The smallest absolute Gasteiger partial charge is 0.344 e. The van der Waals surface area contributed by atoms with Crippen LogP contribution < -0.4 is 8.92 Å². The average molecular weight is 470 g/mol.